The number of nitrogens with zero attached hydrogens (tertiary/aromatic N) is 7. The van der Waals surface area contributed by atoms with Gasteiger partial charge in [0.25, 0.3) is 5.91 Å². The fourth-order valence-corrected chi connectivity index (χ4v) is 4.21. The molecule has 8 nitrogen and oxygen atoms in total. The molecule has 0 atom stereocenters. The van der Waals surface area contributed by atoms with Crippen molar-refractivity contribution >= 4 is 17.1 Å². The predicted molar refractivity (Wildman–Crippen MR) is 94.8 cm³/mol. The van der Waals surface area contributed by atoms with Crippen LogP contribution in [0.2, 0.25) is 0 Å². The van der Waals surface area contributed by atoms with Crippen molar-refractivity contribution < 1.29 is 18.0 Å². The van der Waals surface area contributed by atoms with Crippen molar-refractivity contribution in [3.05, 3.63) is 35.8 Å². The van der Waals surface area contributed by atoms with Gasteiger partial charge in [-0.3, -0.25) is 4.79 Å². The zero-order chi connectivity index (χ0) is 20.2. The van der Waals surface area contributed by atoms with E-state index in [0.717, 1.165) is 23.1 Å². The molecule has 0 saturated heterocycles. The Bertz CT molecular complexity index is 1080. The van der Waals surface area contributed by atoms with Crippen molar-refractivity contribution in [2.45, 2.75) is 51.0 Å². The molecule has 5 rings (SSSR count). The van der Waals surface area contributed by atoms with E-state index < -0.39 is 12.0 Å². The lowest BCUT2D eigenvalue weighted by atomic mass is 10.2. The summed E-state index contributed by atoms with van der Waals surface area (Å²) >= 11 is 0. The Labute approximate surface area is 163 Å². The average Bonchev–Trinajstić information content (AvgIpc) is 3.43. The molecule has 0 radical (unpaired) electrons. The van der Waals surface area contributed by atoms with E-state index in [0.29, 0.717) is 17.1 Å². The number of imidazole rings is 1. The monoisotopic (exact) mass is 405 g/mol. The SMILES string of the molecule is O=C(c1cnc2c(c1)ncn2C1CCCC1)N1CCn2c(nnc2C(F)(F)F)C1. The highest BCUT2D eigenvalue weighted by atomic mass is 19.4. The zero-order valence-corrected chi connectivity index (χ0v) is 15.4. The summed E-state index contributed by atoms with van der Waals surface area (Å²) in [4.78, 5) is 23.2. The van der Waals surface area contributed by atoms with Crippen LogP contribution in [0, 0.1) is 0 Å². The lowest BCUT2D eigenvalue weighted by molar-refractivity contribution is -0.147. The van der Waals surface area contributed by atoms with E-state index in [1.165, 1.54) is 23.9 Å². The molecule has 0 aromatic carbocycles. The minimum atomic E-state index is -4.56. The summed E-state index contributed by atoms with van der Waals surface area (Å²) in [7, 11) is 0. The van der Waals surface area contributed by atoms with Crippen molar-refractivity contribution in [3.8, 4) is 0 Å². The standard InChI is InChI=1S/C18H18F3N7O/c19-18(20,21)17-25-24-14-9-26(5-6-27(14)17)16(29)11-7-13-15(22-8-11)28(10-23-13)12-3-1-2-4-12/h7-8,10,12H,1-6,9H2. The number of carbonyl (C=O) groups excluding carboxylic acids is 1. The van der Waals surface area contributed by atoms with Gasteiger partial charge in [-0.1, -0.05) is 12.8 Å². The smallest absolute Gasteiger partial charge is 0.329 e. The van der Waals surface area contributed by atoms with Gasteiger partial charge in [-0.15, -0.1) is 10.2 Å². The van der Waals surface area contributed by atoms with Gasteiger partial charge in [0.05, 0.1) is 18.4 Å². The molecule has 3 aromatic heterocycles. The maximum atomic E-state index is 13.0. The van der Waals surface area contributed by atoms with Crippen LogP contribution in [0.3, 0.4) is 0 Å². The van der Waals surface area contributed by atoms with E-state index in [2.05, 4.69) is 24.7 Å². The molecule has 0 spiro atoms. The summed E-state index contributed by atoms with van der Waals surface area (Å²) in [6.07, 6.45) is 3.30. The van der Waals surface area contributed by atoms with Crippen molar-refractivity contribution in [2.75, 3.05) is 6.54 Å². The Balaban J connectivity index is 1.38. The number of rotatable bonds is 2. The lowest BCUT2D eigenvalue weighted by Crippen LogP contribution is -2.39. The number of amides is 1. The Morgan fingerprint density at radius 3 is 2.66 bits per heavy atom. The number of carbonyl (C=O) groups is 1. The average molecular weight is 405 g/mol. The van der Waals surface area contributed by atoms with Gasteiger partial charge in [-0.2, -0.15) is 13.2 Å². The number of pyridine rings is 1. The van der Waals surface area contributed by atoms with Crippen LogP contribution in [0.15, 0.2) is 18.6 Å². The number of hydrogen-bond acceptors (Lipinski definition) is 5. The van der Waals surface area contributed by atoms with E-state index in [1.807, 2.05) is 0 Å². The van der Waals surface area contributed by atoms with E-state index >= 15 is 0 Å². The van der Waals surface area contributed by atoms with Gasteiger partial charge in [0.15, 0.2) is 11.5 Å². The predicted octanol–water partition coefficient (Wildman–Crippen LogP) is 2.81. The van der Waals surface area contributed by atoms with Gasteiger partial charge < -0.3 is 14.0 Å². The Hall–Kier alpha value is -2.98. The first kappa shape index (κ1) is 18.1. The first-order valence-electron chi connectivity index (χ1n) is 9.53. The Morgan fingerprint density at radius 1 is 1.10 bits per heavy atom. The van der Waals surface area contributed by atoms with Crippen molar-refractivity contribution in [3.63, 3.8) is 0 Å². The summed E-state index contributed by atoms with van der Waals surface area (Å²) in [6.45, 7) is 0.104. The topological polar surface area (TPSA) is 81.7 Å². The molecule has 1 amide bonds. The maximum absolute atomic E-state index is 13.0. The van der Waals surface area contributed by atoms with Crippen LogP contribution in [-0.4, -0.2) is 46.7 Å². The molecule has 3 aromatic rings. The minimum absolute atomic E-state index is 0.00506. The highest BCUT2D eigenvalue weighted by molar-refractivity contribution is 5.96. The molecule has 0 unspecified atom stereocenters. The number of aromatic nitrogens is 6. The fourth-order valence-electron chi connectivity index (χ4n) is 4.21. The molecular formula is C18H18F3N7O. The first-order chi connectivity index (χ1) is 13.9. The van der Waals surface area contributed by atoms with Crippen LogP contribution >= 0.6 is 0 Å². The van der Waals surface area contributed by atoms with Crippen molar-refractivity contribution in [1.29, 1.82) is 0 Å². The Kier molecular flexibility index (Phi) is 4.07. The third kappa shape index (κ3) is 3.04. The van der Waals surface area contributed by atoms with Gasteiger partial charge in [0.2, 0.25) is 5.82 Å². The molecule has 0 bridgehead atoms. The first-order valence-corrected chi connectivity index (χ1v) is 9.53. The summed E-state index contributed by atoms with van der Waals surface area (Å²) in [5.41, 5.74) is 1.75. The second-order valence-electron chi connectivity index (χ2n) is 7.47. The molecular weight excluding hydrogens is 387 g/mol. The largest absolute Gasteiger partial charge is 0.451 e. The van der Waals surface area contributed by atoms with Crippen LogP contribution in [-0.2, 0) is 19.3 Å². The van der Waals surface area contributed by atoms with E-state index in [1.54, 1.807) is 12.4 Å². The summed E-state index contributed by atoms with van der Waals surface area (Å²) in [5, 5.41) is 6.86. The highest BCUT2D eigenvalue weighted by Crippen LogP contribution is 2.32. The van der Waals surface area contributed by atoms with Crippen molar-refractivity contribution in [1.82, 2.24) is 34.2 Å². The zero-order valence-electron chi connectivity index (χ0n) is 15.4. The normalized spacial score (nSPS) is 17.8. The molecule has 29 heavy (non-hydrogen) atoms. The second kappa shape index (κ2) is 6.53. The molecule has 1 saturated carbocycles. The fraction of sp³-hybridized carbons (Fsp3) is 0.500. The molecule has 2 aliphatic rings. The number of fused-ring (bicyclic) bond motifs is 2. The number of hydrogen-bond donors (Lipinski definition) is 0. The highest BCUT2D eigenvalue weighted by Gasteiger charge is 2.40. The quantitative estimate of drug-likeness (QED) is 0.655. The second-order valence-corrected chi connectivity index (χ2v) is 7.47. The molecule has 1 aliphatic heterocycles. The van der Waals surface area contributed by atoms with Crippen molar-refractivity contribution in [2.24, 2.45) is 0 Å². The van der Waals surface area contributed by atoms with Gasteiger partial charge >= 0.3 is 6.18 Å². The molecule has 1 fully saturated rings. The van der Waals surface area contributed by atoms with Gasteiger partial charge in [0, 0.05) is 25.3 Å². The molecule has 1 aliphatic carbocycles. The molecule has 152 valence electrons. The summed E-state index contributed by atoms with van der Waals surface area (Å²) in [5.74, 6) is -1.21. The van der Waals surface area contributed by atoms with Gasteiger partial charge in [-0.05, 0) is 18.9 Å². The maximum Gasteiger partial charge on any atom is 0.451 e. The van der Waals surface area contributed by atoms with Crippen LogP contribution in [0.25, 0.3) is 11.2 Å². The Morgan fingerprint density at radius 2 is 1.90 bits per heavy atom. The van der Waals surface area contributed by atoms with Crippen LogP contribution in [0.1, 0.15) is 53.7 Å². The van der Waals surface area contributed by atoms with Gasteiger partial charge in [0.1, 0.15) is 5.52 Å². The number of alkyl halides is 3. The number of halogens is 3. The van der Waals surface area contributed by atoms with Crippen LogP contribution in [0.4, 0.5) is 13.2 Å². The molecule has 0 N–H and O–H groups in total. The molecule has 11 heteroatoms. The van der Waals surface area contributed by atoms with Crippen LogP contribution in [0.5, 0.6) is 0 Å². The molecule has 4 heterocycles. The van der Waals surface area contributed by atoms with E-state index in [9.17, 15) is 18.0 Å². The van der Waals surface area contributed by atoms with Crippen LogP contribution < -0.4 is 0 Å². The van der Waals surface area contributed by atoms with E-state index in [-0.39, 0.29) is 31.4 Å². The van der Waals surface area contributed by atoms with Gasteiger partial charge in [-0.25, -0.2) is 9.97 Å². The lowest BCUT2D eigenvalue weighted by Gasteiger charge is -2.28. The summed E-state index contributed by atoms with van der Waals surface area (Å²) in [6, 6.07) is 2.08. The third-order valence-electron chi connectivity index (χ3n) is 5.67. The third-order valence-corrected chi connectivity index (χ3v) is 5.67. The minimum Gasteiger partial charge on any atom is -0.329 e. The van der Waals surface area contributed by atoms with E-state index in [4.69, 9.17) is 0 Å². The summed E-state index contributed by atoms with van der Waals surface area (Å²) < 4.78 is 42.0.